The summed E-state index contributed by atoms with van der Waals surface area (Å²) in [7, 11) is -5.85. The largest absolute Gasteiger partial charge is 0.745 e. The van der Waals surface area contributed by atoms with Gasteiger partial charge in [-0.1, -0.05) is 0 Å². The van der Waals surface area contributed by atoms with Crippen LogP contribution in [-0.4, -0.2) is 21.2 Å². The first-order valence-electron chi connectivity index (χ1n) is 3.28. The third-order valence-electron chi connectivity index (χ3n) is 0.823. The van der Waals surface area contributed by atoms with Gasteiger partial charge < -0.3 is 0 Å². The van der Waals surface area contributed by atoms with Crippen LogP contribution in [0, 0.1) is 0 Å². The van der Waals surface area contributed by atoms with E-state index >= 15 is 0 Å². The van der Waals surface area contributed by atoms with Gasteiger partial charge in [-0.3, -0.25) is 11.3 Å². The van der Waals surface area contributed by atoms with E-state index < -0.39 is 16.5 Å². The second kappa shape index (κ2) is 8.33. The highest BCUT2D eigenvalue weighted by Gasteiger charge is 2.31. The van der Waals surface area contributed by atoms with Crippen molar-refractivity contribution in [1.29, 1.82) is 0 Å². The van der Waals surface area contributed by atoms with Crippen LogP contribution < -0.4 is 16.8 Å². The molecule has 15 heavy (non-hydrogen) atoms. The van der Waals surface area contributed by atoms with Crippen molar-refractivity contribution in [3.8, 4) is 0 Å². The Bertz CT molecular complexity index is 270. The van der Waals surface area contributed by atoms with Crippen LogP contribution in [0.2, 0.25) is 0 Å². The SMILES string of the molecule is NNN1N=CC=CN1.O=[P+](O)O[P+](=O)O. The van der Waals surface area contributed by atoms with Gasteiger partial charge in [-0.2, -0.15) is 0 Å². The maximum Gasteiger partial charge on any atom is 0.745 e. The van der Waals surface area contributed by atoms with Crippen LogP contribution in [0.1, 0.15) is 0 Å². The minimum atomic E-state index is -2.92. The highest BCUT2D eigenvalue weighted by Crippen LogP contribution is 2.30. The lowest BCUT2D eigenvalue weighted by Crippen LogP contribution is -2.46. The predicted molar refractivity (Wildman–Crippen MR) is 50.7 cm³/mol. The Kier molecular flexibility index (Phi) is 7.78. The average Bonchev–Trinajstić information content (AvgIpc) is 2.18. The zero-order valence-electron chi connectivity index (χ0n) is 7.22. The number of hydrogen-bond donors (Lipinski definition) is 5. The third kappa shape index (κ3) is 9.32. The Morgan fingerprint density at radius 3 is 2.27 bits per heavy atom. The zero-order valence-corrected chi connectivity index (χ0v) is 9.01. The molecule has 0 amide bonds. The van der Waals surface area contributed by atoms with Gasteiger partial charge in [-0.15, -0.1) is 25.6 Å². The topological polar surface area (TPSA) is 150 Å². The van der Waals surface area contributed by atoms with Gasteiger partial charge in [0.1, 0.15) is 0 Å². The first kappa shape index (κ1) is 14.0. The molecule has 0 aliphatic carbocycles. The molecule has 2 unspecified atom stereocenters. The van der Waals surface area contributed by atoms with Gasteiger partial charge in [-0.25, -0.2) is 0 Å². The van der Waals surface area contributed by atoms with E-state index in [2.05, 4.69) is 20.4 Å². The Labute approximate surface area is 86.2 Å². The van der Waals surface area contributed by atoms with Crippen LogP contribution in [0.5, 0.6) is 0 Å². The molecule has 0 fully saturated rings. The number of allylic oxidation sites excluding steroid dienone is 1. The Balaban J connectivity index is 0.000000265. The summed E-state index contributed by atoms with van der Waals surface area (Å²) in [5.74, 6) is 4.97. The molecule has 0 aromatic rings. The van der Waals surface area contributed by atoms with Crippen molar-refractivity contribution in [3.63, 3.8) is 0 Å². The Hall–Kier alpha value is -0.990. The maximum atomic E-state index is 9.39. The Morgan fingerprint density at radius 1 is 1.47 bits per heavy atom. The van der Waals surface area contributed by atoms with Crippen LogP contribution in [-0.2, 0) is 13.4 Å². The standard InChI is InChI=1S/C3H7N5.O5P2/c4-7-8-5-2-1-3-6-8;1-6(2)5-7(3)4/h1-3,5,7H,4H2;/p+2. The van der Waals surface area contributed by atoms with Crippen molar-refractivity contribution >= 4 is 22.7 Å². The Morgan fingerprint density at radius 2 is 2.07 bits per heavy atom. The van der Waals surface area contributed by atoms with E-state index in [1.165, 1.54) is 5.23 Å². The van der Waals surface area contributed by atoms with Crippen LogP contribution in [0.4, 0.5) is 0 Å². The molecular weight excluding hydrogens is 248 g/mol. The van der Waals surface area contributed by atoms with Crippen LogP contribution in [0.15, 0.2) is 17.4 Å². The van der Waals surface area contributed by atoms with Crippen molar-refractivity contribution in [2.45, 2.75) is 0 Å². The number of hydrogen-bond acceptors (Lipinski definition) is 8. The summed E-state index contributed by atoms with van der Waals surface area (Å²) in [5.41, 5.74) is 4.96. The van der Waals surface area contributed by atoms with Gasteiger partial charge >= 0.3 is 16.5 Å². The van der Waals surface area contributed by atoms with Gasteiger partial charge in [0.05, 0.1) is 6.21 Å². The van der Waals surface area contributed by atoms with Crippen molar-refractivity contribution < 1.29 is 23.2 Å². The number of hydrazone groups is 1. The summed E-state index contributed by atoms with van der Waals surface area (Å²) in [6.07, 6.45) is 5.07. The van der Waals surface area contributed by atoms with E-state index in [0.717, 1.165) is 0 Å². The van der Waals surface area contributed by atoms with E-state index in [-0.39, 0.29) is 0 Å². The van der Waals surface area contributed by atoms with Gasteiger partial charge in [0.15, 0.2) is 4.31 Å². The maximum absolute atomic E-state index is 9.39. The fourth-order valence-corrected chi connectivity index (χ4v) is 0.904. The average molecular weight is 257 g/mol. The van der Waals surface area contributed by atoms with E-state index in [4.69, 9.17) is 15.6 Å². The van der Waals surface area contributed by atoms with Crippen molar-refractivity contribution in [3.05, 3.63) is 12.3 Å². The highest BCUT2D eigenvalue weighted by atomic mass is 31.2. The lowest BCUT2D eigenvalue weighted by atomic mass is 10.7. The molecule has 1 heterocycles. The van der Waals surface area contributed by atoms with Crippen molar-refractivity contribution in [2.24, 2.45) is 10.9 Å². The monoisotopic (exact) mass is 257 g/mol. The van der Waals surface area contributed by atoms with Gasteiger partial charge in [0.25, 0.3) is 0 Å². The zero-order chi connectivity index (χ0) is 11.7. The van der Waals surface area contributed by atoms with Crippen molar-refractivity contribution in [1.82, 2.24) is 16.2 Å². The molecule has 1 aliphatic rings. The molecule has 0 bridgehead atoms. The lowest BCUT2D eigenvalue weighted by Gasteiger charge is -2.16. The highest BCUT2D eigenvalue weighted by molar-refractivity contribution is 7.46. The second-order valence-corrected chi connectivity index (χ2v) is 3.36. The minimum Gasteiger partial charge on any atom is -0.274 e. The predicted octanol–water partition coefficient (Wildman–Crippen LogP) is -1.01. The molecule has 2 atom stereocenters. The number of nitrogens with two attached hydrogens (primary N) is 1. The summed E-state index contributed by atoms with van der Waals surface area (Å²) < 4.78 is 22.2. The fourth-order valence-electron chi connectivity index (χ4n) is 0.426. The van der Waals surface area contributed by atoms with Crippen LogP contribution in [0.25, 0.3) is 0 Å². The van der Waals surface area contributed by atoms with E-state index in [0.29, 0.717) is 0 Å². The van der Waals surface area contributed by atoms with Crippen molar-refractivity contribution in [2.75, 3.05) is 0 Å². The molecule has 10 nitrogen and oxygen atoms in total. The fraction of sp³-hybridized carbons (Fsp3) is 0. The number of rotatable bonds is 3. The molecule has 0 radical (unpaired) electrons. The molecule has 0 aromatic heterocycles. The summed E-state index contributed by atoms with van der Waals surface area (Å²) in [6.45, 7) is 0. The molecular formula is C3H9N5O5P2+2. The molecule has 12 heteroatoms. The quantitative estimate of drug-likeness (QED) is 0.243. The second-order valence-electron chi connectivity index (χ2n) is 1.75. The van der Waals surface area contributed by atoms with Crippen LogP contribution >= 0.6 is 16.5 Å². The first-order valence-corrected chi connectivity index (χ1v) is 5.54. The van der Waals surface area contributed by atoms with E-state index in [1.807, 2.05) is 0 Å². The van der Waals surface area contributed by atoms with E-state index in [1.54, 1.807) is 18.5 Å². The van der Waals surface area contributed by atoms with Crippen LogP contribution in [0.3, 0.4) is 0 Å². The summed E-state index contributed by atoms with van der Waals surface area (Å²) in [6, 6.07) is 0. The molecule has 0 spiro atoms. The number of nitrogens with zero attached hydrogens (tertiary/aromatic N) is 2. The van der Waals surface area contributed by atoms with Gasteiger partial charge in [-0.05, 0) is 6.08 Å². The number of nitrogens with one attached hydrogen (secondary N) is 2. The number of hydrazine groups is 3. The van der Waals surface area contributed by atoms with E-state index in [9.17, 15) is 9.13 Å². The third-order valence-corrected chi connectivity index (χ3v) is 1.94. The molecule has 0 saturated carbocycles. The van der Waals surface area contributed by atoms with Gasteiger partial charge in [0, 0.05) is 15.3 Å². The molecule has 0 aromatic carbocycles. The molecule has 84 valence electrons. The molecule has 1 rings (SSSR count). The smallest absolute Gasteiger partial charge is 0.274 e. The normalized spacial score (nSPS) is 15.0. The first-order chi connectivity index (χ1) is 7.06. The summed E-state index contributed by atoms with van der Waals surface area (Å²) >= 11 is 0. The molecule has 1 aliphatic heterocycles. The van der Waals surface area contributed by atoms with Gasteiger partial charge in [0.2, 0.25) is 0 Å². The molecule has 0 saturated heterocycles. The summed E-state index contributed by atoms with van der Waals surface area (Å²) in [4.78, 5) is 15.3. The lowest BCUT2D eigenvalue weighted by molar-refractivity contribution is 0.147. The summed E-state index contributed by atoms with van der Waals surface area (Å²) in [5, 5.41) is 5.00. The minimum absolute atomic E-state index is 1.28. The molecule has 6 N–H and O–H groups in total.